The standard InChI is InChI=1S/C15H27N3O/c1-12(14(2,3)4)18(5)10-13(19)17-15(11-16)8-6-7-9-15/h12H,6-10H2,1-5H3,(H,17,19). The number of amides is 1. The van der Waals surface area contributed by atoms with Gasteiger partial charge >= 0.3 is 0 Å². The van der Waals surface area contributed by atoms with E-state index in [-0.39, 0.29) is 11.3 Å². The molecule has 0 spiro atoms. The molecule has 0 aromatic heterocycles. The summed E-state index contributed by atoms with van der Waals surface area (Å²) in [6.45, 7) is 8.98. The molecule has 108 valence electrons. The van der Waals surface area contributed by atoms with Gasteiger partial charge in [0.2, 0.25) is 5.91 Å². The molecule has 1 aliphatic carbocycles. The van der Waals surface area contributed by atoms with Crippen LogP contribution in [0.3, 0.4) is 0 Å². The van der Waals surface area contributed by atoms with Crippen LogP contribution >= 0.6 is 0 Å². The van der Waals surface area contributed by atoms with Crippen molar-refractivity contribution >= 4 is 5.91 Å². The Kier molecular flexibility index (Phi) is 4.98. The summed E-state index contributed by atoms with van der Waals surface area (Å²) >= 11 is 0. The van der Waals surface area contributed by atoms with Crippen molar-refractivity contribution in [2.75, 3.05) is 13.6 Å². The van der Waals surface area contributed by atoms with Crippen LogP contribution in [0, 0.1) is 16.7 Å². The van der Waals surface area contributed by atoms with E-state index >= 15 is 0 Å². The number of rotatable bonds is 4. The maximum atomic E-state index is 12.1. The number of hydrogen-bond acceptors (Lipinski definition) is 3. The Morgan fingerprint density at radius 2 is 1.95 bits per heavy atom. The molecule has 1 amide bonds. The molecule has 0 bridgehead atoms. The summed E-state index contributed by atoms with van der Waals surface area (Å²) in [7, 11) is 1.96. The number of likely N-dealkylation sites (N-methyl/N-ethyl adjacent to an activating group) is 1. The molecule has 0 aromatic rings. The average molecular weight is 265 g/mol. The van der Waals surface area contributed by atoms with Crippen LogP contribution in [0.2, 0.25) is 0 Å². The van der Waals surface area contributed by atoms with Crippen molar-refractivity contribution in [2.45, 2.75) is 65.0 Å². The molecule has 0 heterocycles. The lowest BCUT2D eigenvalue weighted by Gasteiger charge is -2.35. The Morgan fingerprint density at radius 1 is 1.42 bits per heavy atom. The summed E-state index contributed by atoms with van der Waals surface area (Å²) in [5, 5.41) is 12.2. The fraction of sp³-hybridized carbons (Fsp3) is 0.867. The van der Waals surface area contributed by atoms with Gasteiger partial charge in [-0.05, 0) is 45.1 Å². The van der Waals surface area contributed by atoms with Gasteiger partial charge in [0.25, 0.3) is 0 Å². The first kappa shape index (κ1) is 16.0. The van der Waals surface area contributed by atoms with Crippen molar-refractivity contribution in [2.24, 2.45) is 5.41 Å². The number of hydrogen-bond donors (Lipinski definition) is 1. The molecule has 0 radical (unpaired) electrons. The van der Waals surface area contributed by atoms with Crippen LogP contribution in [-0.2, 0) is 4.79 Å². The molecule has 0 aliphatic heterocycles. The van der Waals surface area contributed by atoms with Crippen LogP contribution in [-0.4, -0.2) is 36.0 Å². The first-order valence-corrected chi connectivity index (χ1v) is 7.13. The quantitative estimate of drug-likeness (QED) is 0.848. The monoisotopic (exact) mass is 265 g/mol. The minimum Gasteiger partial charge on any atom is -0.337 e. The number of carbonyl (C=O) groups is 1. The number of nitrogens with zero attached hydrogens (tertiary/aromatic N) is 2. The van der Waals surface area contributed by atoms with Crippen LogP contribution < -0.4 is 5.32 Å². The van der Waals surface area contributed by atoms with Gasteiger partial charge in [-0.1, -0.05) is 20.8 Å². The van der Waals surface area contributed by atoms with E-state index < -0.39 is 5.54 Å². The summed E-state index contributed by atoms with van der Waals surface area (Å²) in [6, 6.07) is 2.60. The summed E-state index contributed by atoms with van der Waals surface area (Å²) < 4.78 is 0. The zero-order valence-electron chi connectivity index (χ0n) is 12.9. The van der Waals surface area contributed by atoms with Gasteiger partial charge in [0.1, 0.15) is 5.54 Å². The van der Waals surface area contributed by atoms with Crippen LogP contribution in [0.25, 0.3) is 0 Å². The largest absolute Gasteiger partial charge is 0.337 e. The Labute approximate surface area is 117 Å². The van der Waals surface area contributed by atoms with E-state index in [0.717, 1.165) is 25.7 Å². The summed E-state index contributed by atoms with van der Waals surface area (Å²) in [5.41, 5.74) is -0.474. The second-order valence-corrected chi connectivity index (χ2v) is 6.91. The van der Waals surface area contributed by atoms with E-state index in [1.807, 2.05) is 7.05 Å². The van der Waals surface area contributed by atoms with E-state index in [4.69, 9.17) is 0 Å². The minimum absolute atomic E-state index is 0.0398. The fourth-order valence-electron chi connectivity index (χ4n) is 2.57. The van der Waals surface area contributed by atoms with Crippen LogP contribution in [0.1, 0.15) is 53.4 Å². The number of carbonyl (C=O) groups excluding carboxylic acids is 1. The zero-order valence-corrected chi connectivity index (χ0v) is 12.9. The maximum Gasteiger partial charge on any atom is 0.235 e. The summed E-state index contributed by atoms with van der Waals surface area (Å²) in [6.07, 6.45) is 3.63. The first-order chi connectivity index (χ1) is 8.70. The third-order valence-corrected chi connectivity index (χ3v) is 4.36. The lowest BCUT2D eigenvalue weighted by Crippen LogP contribution is -2.51. The number of nitrogens with one attached hydrogen (secondary N) is 1. The second-order valence-electron chi connectivity index (χ2n) is 6.91. The highest BCUT2D eigenvalue weighted by Gasteiger charge is 2.36. The Hall–Kier alpha value is -1.08. The molecular weight excluding hydrogens is 238 g/mol. The molecule has 1 aliphatic rings. The van der Waals surface area contributed by atoms with Crippen molar-refractivity contribution in [1.82, 2.24) is 10.2 Å². The normalized spacial score (nSPS) is 20.1. The van der Waals surface area contributed by atoms with Gasteiger partial charge < -0.3 is 5.32 Å². The molecule has 19 heavy (non-hydrogen) atoms. The molecule has 0 saturated heterocycles. The molecule has 1 N–H and O–H groups in total. The third-order valence-electron chi connectivity index (χ3n) is 4.36. The maximum absolute atomic E-state index is 12.1. The smallest absolute Gasteiger partial charge is 0.235 e. The summed E-state index contributed by atoms with van der Waals surface area (Å²) in [4.78, 5) is 14.2. The lowest BCUT2D eigenvalue weighted by atomic mass is 9.87. The molecular formula is C15H27N3O. The van der Waals surface area contributed by atoms with Gasteiger partial charge in [-0.2, -0.15) is 5.26 Å². The van der Waals surface area contributed by atoms with Crippen molar-refractivity contribution in [3.63, 3.8) is 0 Å². The Balaban J connectivity index is 2.54. The van der Waals surface area contributed by atoms with Crippen LogP contribution in [0.4, 0.5) is 0 Å². The van der Waals surface area contributed by atoms with Gasteiger partial charge in [-0.25, -0.2) is 0 Å². The molecule has 1 fully saturated rings. The van der Waals surface area contributed by atoms with Crippen LogP contribution in [0.15, 0.2) is 0 Å². The Bertz CT molecular complexity index is 359. The van der Waals surface area contributed by atoms with Crippen molar-refractivity contribution in [3.8, 4) is 6.07 Å². The molecule has 4 heteroatoms. The molecule has 1 unspecified atom stereocenters. The van der Waals surface area contributed by atoms with Crippen molar-refractivity contribution < 1.29 is 4.79 Å². The van der Waals surface area contributed by atoms with E-state index in [1.165, 1.54) is 0 Å². The van der Waals surface area contributed by atoms with E-state index in [9.17, 15) is 10.1 Å². The first-order valence-electron chi connectivity index (χ1n) is 7.13. The molecule has 1 saturated carbocycles. The van der Waals surface area contributed by atoms with E-state index in [0.29, 0.717) is 12.6 Å². The predicted molar refractivity (Wildman–Crippen MR) is 76.5 cm³/mol. The summed E-state index contributed by atoms with van der Waals surface area (Å²) in [5.74, 6) is -0.0398. The van der Waals surface area contributed by atoms with Gasteiger partial charge in [-0.15, -0.1) is 0 Å². The highest BCUT2D eigenvalue weighted by molar-refractivity contribution is 5.79. The molecule has 4 nitrogen and oxygen atoms in total. The van der Waals surface area contributed by atoms with E-state index in [2.05, 4.69) is 44.0 Å². The van der Waals surface area contributed by atoms with Gasteiger partial charge in [0.05, 0.1) is 12.6 Å². The van der Waals surface area contributed by atoms with Gasteiger partial charge in [0, 0.05) is 6.04 Å². The van der Waals surface area contributed by atoms with Gasteiger partial charge in [0.15, 0.2) is 0 Å². The zero-order chi connectivity index (χ0) is 14.7. The van der Waals surface area contributed by atoms with Crippen molar-refractivity contribution in [1.29, 1.82) is 5.26 Å². The molecule has 1 atom stereocenters. The molecule has 1 rings (SSSR count). The average Bonchev–Trinajstić information content (AvgIpc) is 2.75. The van der Waals surface area contributed by atoms with E-state index in [1.54, 1.807) is 0 Å². The number of nitriles is 1. The van der Waals surface area contributed by atoms with Gasteiger partial charge in [-0.3, -0.25) is 9.69 Å². The van der Waals surface area contributed by atoms with Crippen LogP contribution in [0.5, 0.6) is 0 Å². The highest BCUT2D eigenvalue weighted by atomic mass is 16.2. The third kappa shape index (κ3) is 4.21. The van der Waals surface area contributed by atoms with Crippen molar-refractivity contribution in [3.05, 3.63) is 0 Å². The molecule has 0 aromatic carbocycles. The fourth-order valence-corrected chi connectivity index (χ4v) is 2.57. The second kappa shape index (κ2) is 5.92. The minimum atomic E-state index is -0.608. The predicted octanol–water partition coefficient (Wildman–Crippen LogP) is 2.31. The lowest BCUT2D eigenvalue weighted by molar-refractivity contribution is -0.124. The highest BCUT2D eigenvalue weighted by Crippen LogP contribution is 2.29. The Morgan fingerprint density at radius 3 is 2.37 bits per heavy atom. The topological polar surface area (TPSA) is 56.1 Å². The SMILES string of the molecule is CC(N(C)CC(=O)NC1(C#N)CCCC1)C(C)(C)C.